The predicted octanol–water partition coefficient (Wildman–Crippen LogP) is 3.79. The first kappa shape index (κ1) is 18.8. The summed E-state index contributed by atoms with van der Waals surface area (Å²) in [6.45, 7) is 3.87. The van der Waals surface area contributed by atoms with Gasteiger partial charge in [-0.15, -0.1) is 11.6 Å². The highest BCUT2D eigenvalue weighted by Gasteiger charge is 2.19. The Morgan fingerprint density at radius 3 is 2.79 bits per heavy atom. The zero-order valence-electron chi connectivity index (χ0n) is 13.9. The van der Waals surface area contributed by atoms with Gasteiger partial charge in [0.05, 0.1) is 13.2 Å². The third-order valence-corrected chi connectivity index (χ3v) is 4.16. The molecular formula is C18H22Cl2N2O2. The van der Waals surface area contributed by atoms with Gasteiger partial charge in [0.25, 0.3) is 0 Å². The van der Waals surface area contributed by atoms with E-state index in [1.54, 1.807) is 18.9 Å². The van der Waals surface area contributed by atoms with E-state index < -0.39 is 5.38 Å². The largest absolute Gasteiger partial charge is 0.383 e. The van der Waals surface area contributed by atoms with E-state index in [4.69, 9.17) is 27.9 Å². The average molecular weight is 369 g/mol. The van der Waals surface area contributed by atoms with Crippen LogP contribution in [0.15, 0.2) is 42.6 Å². The average Bonchev–Trinajstić information content (AvgIpc) is 2.97. The summed E-state index contributed by atoms with van der Waals surface area (Å²) in [4.78, 5) is 14.0. The first-order chi connectivity index (χ1) is 11.5. The molecule has 1 atom stereocenters. The molecule has 0 spiro atoms. The van der Waals surface area contributed by atoms with E-state index in [1.807, 2.05) is 42.6 Å². The van der Waals surface area contributed by atoms with Crippen molar-refractivity contribution in [1.29, 1.82) is 0 Å². The van der Waals surface area contributed by atoms with Crippen LogP contribution in [-0.4, -0.2) is 41.0 Å². The van der Waals surface area contributed by atoms with E-state index in [-0.39, 0.29) is 5.91 Å². The molecule has 0 aliphatic carbocycles. The summed E-state index contributed by atoms with van der Waals surface area (Å²) < 4.78 is 7.21. The lowest BCUT2D eigenvalue weighted by atomic mass is 10.2. The van der Waals surface area contributed by atoms with Crippen LogP contribution >= 0.6 is 23.2 Å². The van der Waals surface area contributed by atoms with Crippen molar-refractivity contribution in [3.63, 3.8) is 0 Å². The summed E-state index contributed by atoms with van der Waals surface area (Å²) in [7, 11) is 1.62. The normalized spacial score (nSPS) is 12.2. The van der Waals surface area contributed by atoms with Gasteiger partial charge in [-0.3, -0.25) is 4.79 Å². The van der Waals surface area contributed by atoms with Gasteiger partial charge < -0.3 is 14.2 Å². The van der Waals surface area contributed by atoms with Crippen molar-refractivity contribution in [3.8, 4) is 0 Å². The number of rotatable bonds is 8. The molecular weight excluding hydrogens is 347 g/mol. The summed E-state index contributed by atoms with van der Waals surface area (Å²) in [6.07, 6.45) is 2.00. The van der Waals surface area contributed by atoms with Crippen molar-refractivity contribution >= 4 is 29.1 Å². The second-order valence-electron chi connectivity index (χ2n) is 5.63. The monoisotopic (exact) mass is 368 g/mol. The fraction of sp³-hybridized carbons (Fsp3) is 0.389. The van der Waals surface area contributed by atoms with Crippen LogP contribution in [0.3, 0.4) is 0 Å². The molecule has 24 heavy (non-hydrogen) atoms. The highest BCUT2D eigenvalue weighted by Crippen LogP contribution is 2.15. The number of carbonyl (C=O) groups excluding carboxylic acids is 1. The van der Waals surface area contributed by atoms with E-state index >= 15 is 0 Å². The van der Waals surface area contributed by atoms with Crippen molar-refractivity contribution in [2.45, 2.75) is 25.4 Å². The number of amides is 1. The minimum Gasteiger partial charge on any atom is -0.383 e. The van der Waals surface area contributed by atoms with Gasteiger partial charge in [-0.05, 0) is 36.8 Å². The molecule has 0 aliphatic rings. The van der Waals surface area contributed by atoms with E-state index in [9.17, 15) is 4.79 Å². The quantitative estimate of drug-likeness (QED) is 0.664. The Morgan fingerprint density at radius 2 is 2.12 bits per heavy atom. The topological polar surface area (TPSA) is 34.5 Å². The van der Waals surface area contributed by atoms with Gasteiger partial charge in [0.15, 0.2) is 0 Å². The summed E-state index contributed by atoms with van der Waals surface area (Å²) >= 11 is 12.0. The van der Waals surface area contributed by atoms with Gasteiger partial charge in [-0.1, -0.05) is 23.7 Å². The Bertz CT molecular complexity index is 671. The fourth-order valence-corrected chi connectivity index (χ4v) is 2.85. The molecule has 0 fully saturated rings. The molecule has 4 nitrogen and oxygen atoms in total. The maximum atomic E-state index is 12.3. The molecule has 0 saturated carbocycles. The predicted molar refractivity (Wildman–Crippen MR) is 97.6 cm³/mol. The molecule has 2 aromatic rings. The molecule has 0 N–H and O–H groups in total. The van der Waals surface area contributed by atoms with Crippen molar-refractivity contribution in [3.05, 3.63) is 58.9 Å². The number of methoxy groups -OCH3 is 1. The lowest BCUT2D eigenvalue weighted by Crippen LogP contribution is -2.38. The third kappa shape index (κ3) is 5.26. The molecule has 0 aliphatic heterocycles. The summed E-state index contributed by atoms with van der Waals surface area (Å²) in [5.41, 5.74) is 2.15. The Hall–Kier alpha value is -1.49. The Kier molecular flexibility index (Phi) is 7.16. The second kappa shape index (κ2) is 9.11. The number of alkyl halides is 1. The van der Waals surface area contributed by atoms with E-state index in [0.717, 1.165) is 11.3 Å². The molecule has 0 unspecified atom stereocenters. The standard InChI is InChI=1S/C18H22Cl2N2O2/c1-14(19)18(23)22(9-10-24-2)13-17-7-4-8-21(17)12-15-5-3-6-16(20)11-15/h3-8,11,14H,9-10,12-13H2,1-2H3/t14-/m0/s1. The van der Waals surface area contributed by atoms with Crippen molar-refractivity contribution in [2.75, 3.05) is 20.3 Å². The Morgan fingerprint density at radius 1 is 1.33 bits per heavy atom. The number of hydrogen-bond donors (Lipinski definition) is 0. The minimum absolute atomic E-state index is 0.0933. The van der Waals surface area contributed by atoms with Gasteiger partial charge in [0.2, 0.25) is 5.91 Å². The first-order valence-corrected chi connectivity index (χ1v) is 8.63. The Balaban J connectivity index is 2.13. The van der Waals surface area contributed by atoms with Gasteiger partial charge in [-0.2, -0.15) is 0 Å². The molecule has 1 heterocycles. The smallest absolute Gasteiger partial charge is 0.240 e. The highest BCUT2D eigenvalue weighted by molar-refractivity contribution is 6.30. The number of ether oxygens (including phenoxy) is 1. The van der Waals surface area contributed by atoms with Crippen molar-refractivity contribution < 1.29 is 9.53 Å². The molecule has 6 heteroatoms. The molecule has 0 radical (unpaired) electrons. The second-order valence-corrected chi connectivity index (χ2v) is 6.72. The van der Waals surface area contributed by atoms with Crippen LogP contribution in [0.1, 0.15) is 18.2 Å². The summed E-state index contributed by atoms with van der Waals surface area (Å²) in [5, 5.41) is 0.160. The van der Waals surface area contributed by atoms with Crippen molar-refractivity contribution in [1.82, 2.24) is 9.47 Å². The number of hydrogen-bond acceptors (Lipinski definition) is 2. The number of halogens is 2. The van der Waals surface area contributed by atoms with Crippen molar-refractivity contribution in [2.24, 2.45) is 0 Å². The molecule has 1 amide bonds. The van der Waals surface area contributed by atoms with E-state index in [1.165, 1.54) is 0 Å². The molecule has 2 rings (SSSR count). The zero-order chi connectivity index (χ0) is 17.5. The summed E-state index contributed by atoms with van der Waals surface area (Å²) in [5.74, 6) is -0.0933. The van der Waals surface area contributed by atoms with E-state index in [2.05, 4.69) is 4.57 Å². The number of benzene rings is 1. The molecule has 1 aromatic carbocycles. The summed E-state index contributed by atoms with van der Waals surface area (Å²) in [6, 6.07) is 11.8. The number of carbonyl (C=O) groups is 1. The molecule has 1 aromatic heterocycles. The number of aromatic nitrogens is 1. The Labute approximate surface area is 152 Å². The molecule has 0 saturated heterocycles. The van der Waals surface area contributed by atoms with Crippen LogP contribution in [0.5, 0.6) is 0 Å². The highest BCUT2D eigenvalue weighted by atomic mass is 35.5. The van der Waals surface area contributed by atoms with Gasteiger partial charge in [0.1, 0.15) is 5.38 Å². The van der Waals surface area contributed by atoms with Crippen LogP contribution in [0.25, 0.3) is 0 Å². The minimum atomic E-state index is -0.557. The van der Waals surface area contributed by atoms with Crippen LogP contribution < -0.4 is 0 Å². The van der Waals surface area contributed by atoms with Gasteiger partial charge in [-0.25, -0.2) is 0 Å². The molecule has 130 valence electrons. The maximum Gasteiger partial charge on any atom is 0.240 e. The zero-order valence-corrected chi connectivity index (χ0v) is 15.4. The lowest BCUT2D eigenvalue weighted by Gasteiger charge is -2.24. The maximum absolute atomic E-state index is 12.3. The third-order valence-electron chi connectivity index (χ3n) is 3.74. The van der Waals surface area contributed by atoms with Crippen LogP contribution in [0.4, 0.5) is 0 Å². The number of nitrogens with zero attached hydrogens (tertiary/aromatic N) is 2. The molecule has 0 bridgehead atoms. The van der Waals surface area contributed by atoms with Gasteiger partial charge in [0, 0.05) is 37.1 Å². The fourth-order valence-electron chi connectivity index (χ4n) is 2.50. The van der Waals surface area contributed by atoms with Crippen LogP contribution in [0.2, 0.25) is 5.02 Å². The van der Waals surface area contributed by atoms with Crippen LogP contribution in [-0.2, 0) is 22.6 Å². The SMILES string of the molecule is COCCN(Cc1cccn1Cc1cccc(Cl)c1)C(=O)[C@H](C)Cl. The first-order valence-electron chi connectivity index (χ1n) is 7.81. The lowest BCUT2D eigenvalue weighted by molar-refractivity contribution is -0.131. The van der Waals surface area contributed by atoms with E-state index in [0.29, 0.717) is 31.3 Å². The van der Waals surface area contributed by atoms with Crippen LogP contribution in [0, 0.1) is 0 Å². The van der Waals surface area contributed by atoms with Gasteiger partial charge >= 0.3 is 0 Å².